The second-order valence-electron chi connectivity index (χ2n) is 7.15. The van der Waals surface area contributed by atoms with E-state index in [0.29, 0.717) is 6.61 Å². The van der Waals surface area contributed by atoms with Gasteiger partial charge >= 0.3 is 5.97 Å². The minimum Gasteiger partial charge on any atom is -0.458 e. The first kappa shape index (κ1) is 16.5. The van der Waals surface area contributed by atoms with Crippen molar-refractivity contribution in [2.75, 3.05) is 13.7 Å². The predicted octanol–water partition coefficient (Wildman–Crippen LogP) is 3.95. The van der Waals surface area contributed by atoms with Crippen LogP contribution < -0.4 is 0 Å². The summed E-state index contributed by atoms with van der Waals surface area (Å²) in [7, 11) is 1.71. The van der Waals surface area contributed by atoms with Crippen molar-refractivity contribution in [3.8, 4) is 0 Å². The summed E-state index contributed by atoms with van der Waals surface area (Å²) in [5, 5.41) is 0. The molecule has 0 radical (unpaired) electrons. The Hall–Kier alpha value is -0.570. The van der Waals surface area contributed by atoms with Crippen LogP contribution in [0.15, 0.2) is 0 Å². The fraction of sp³-hybridized carbons (Fsp3) is 0.938. The molecule has 0 amide bonds. The Bertz CT molecular complexity index is 312. The number of hydrogen-bond donors (Lipinski definition) is 0. The van der Waals surface area contributed by atoms with Crippen LogP contribution in [0.5, 0.6) is 0 Å². The fourth-order valence-corrected chi connectivity index (χ4v) is 2.82. The molecule has 0 bridgehead atoms. The summed E-state index contributed by atoms with van der Waals surface area (Å²) in [6.45, 7) is 10.9. The van der Waals surface area contributed by atoms with E-state index in [9.17, 15) is 4.79 Å². The van der Waals surface area contributed by atoms with Crippen LogP contribution in [0.3, 0.4) is 0 Å². The maximum atomic E-state index is 12.4. The second-order valence-corrected chi connectivity index (χ2v) is 7.15. The van der Waals surface area contributed by atoms with E-state index in [1.165, 1.54) is 0 Å². The first-order valence-electron chi connectivity index (χ1n) is 7.43. The van der Waals surface area contributed by atoms with Gasteiger partial charge in [0.25, 0.3) is 0 Å². The standard InChI is InChI=1S/C16H30O3/c1-7-14(2,3)13(17)19-16(10-8-9-11-16)15(4,5)12-18-6/h7-12H2,1-6H3. The van der Waals surface area contributed by atoms with Crippen LogP contribution in [0.4, 0.5) is 0 Å². The molecule has 0 aromatic carbocycles. The third-order valence-electron chi connectivity index (χ3n) is 4.87. The number of esters is 1. The van der Waals surface area contributed by atoms with Crippen molar-refractivity contribution in [1.29, 1.82) is 0 Å². The Morgan fingerprint density at radius 3 is 2.11 bits per heavy atom. The van der Waals surface area contributed by atoms with Crippen LogP contribution >= 0.6 is 0 Å². The number of carbonyl (C=O) groups is 1. The minimum absolute atomic E-state index is 0.0684. The average molecular weight is 270 g/mol. The molecule has 0 heterocycles. The molecule has 0 spiro atoms. The molecular weight excluding hydrogens is 240 g/mol. The molecule has 0 unspecified atom stereocenters. The first-order valence-corrected chi connectivity index (χ1v) is 7.43. The monoisotopic (exact) mass is 270 g/mol. The Kier molecular flexibility index (Phi) is 5.05. The highest BCUT2D eigenvalue weighted by molar-refractivity contribution is 5.76. The van der Waals surface area contributed by atoms with Gasteiger partial charge in [0, 0.05) is 12.5 Å². The zero-order valence-electron chi connectivity index (χ0n) is 13.5. The lowest BCUT2D eigenvalue weighted by molar-refractivity contribution is -0.189. The van der Waals surface area contributed by atoms with Crippen molar-refractivity contribution in [1.82, 2.24) is 0 Å². The van der Waals surface area contributed by atoms with E-state index < -0.39 is 5.41 Å². The van der Waals surface area contributed by atoms with Gasteiger partial charge in [0.05, 0.1) is 12.0 Å². The van der Waals surface area contributed by atoms with Crippen LogP contribution in [-0.2, 0) is 14.3 Å². The van der Waals surface area contributed by atoms with Crippen molar-refractivity contribution < 1.29 is 14.3 Å². The topological polar surface area (TPSA) is 35.5 Å². The molecule has 19 heavy (non-hydrogen) atoms. The lowest BCUT2D eigenvalue weighted by atomic mass is 9.73. The molecule has 0 aliphatic heterocycles. The van der Waals surface area contributed by atoms with Gasteiger partial charge in [0.15, 0.2) is 0 Å². The molecule has 0 atom stereocenters. The van der Waals surface area contributed by atoms with E-state index in [1.807, 2.05) is 20.8 Å². The molecule has 0 saturated heterocycles. The summed E-state index contributed by atoms with van der Waals surface area (Å²) >= 11 is 0. The summed E-state index contributed by atoms with van der Waals surface area (Å²) in [5.74, 6) is -0.0684. The SMILES string of the molecule is CCC(C)(C)C(=O)OC1(C(C)(C)COC)CCCC1. The Labute approximate surface area is 118 Å². The lowest BCUT2D eigenvalue weighted by Gasteiger charge is -2.44. The second kappa shape index (κ2) is 5.82. The average Bonchev–Trinajstić information content (AvgIpc) is 2.79. The largest absolute Gasteiger partial charge is 0.458 e. The van der Waals surface area contributed by atoms with Crippen molar-refractivity contribution in [3.05, 3.63) is 0 Å². The van der Waals surface area contributed by atoms with Gasteiger partial charge in [0.2, 0.25) is 0 Å². The predicted molar refractivity (Wildman–Crippen MR) is 77.0 cm³/mol. The molecule has 1 fully saturated rings. The summed E-state index contributed by atoms with van der Waals surface area (Å²) < 4.78 is 11.4. The van der Waals surface area contributed by atoms with Crippen molar-refractivity contribution in [2.24, 2.45) is 10.8 Å². The quantitative estimate of drug-likeness (QED) is 0.685. The highest BCUT2D eigenvalue weighted by Crippen LogP contribution is 2.47. The van der Waals surface area contributed by atoms with Gasteiger partial charge in [-0.15, -0.1) is 0 Å². The van der Waals surface area contributed by atoms with E-state index in [1.54, 1.807) is 7.11 Å². The van der Waals surface area contributed by atoms with Gasteiger partial charge in [-0.05, 0) is 46.0 Å². The summed E-state index contributed by atoms with van der Waals surface area (Å²) in [6, 6.07) is 0. The number of hydrogen-bond acceptors (Lipinski definition) is 3. The van der Waals surface area contributed by atoms with Crippen LogP contribution in [-0.4, -0.2) is 25.3 Å². The Balaban J connectivity index is 2.93. The summed E-state index contributed by atoms with van der Waals surface area (Å²) in [5.41, 5.74) is -0.900. The number of ether oxygens (including phenoxy) is 2. The molecule has 1 saturated carbocycles. The summed E-state index contributed by atoms with van der Waals surface area (Å²) in [4.78, 5) is 12.4. The van der Waals surface area contributed by atoms with Crippen LogP contribution in [0.1, 0.15) is 66.7 Å². The third kappa shape index (κ3) is 3.31. The van der Waals surface area contributed by atoms with Gasteiger partial charge in [-0.1, -0.05) is 20.8 Å². The number of carbonyl (C=O) groups excluding carboxylic acids is 1. The molecule has 0 aromatic heterocycles. The van der Waals surface area contributed by atoms with Gasteiger partial charge < -0.3 is 9.47 Å². The smallest absolute Gasteiger partial charge is 0.312 e. The van der Waals surface area contributed by atoms with E-state index in [0.717, 1.165) is 32.1 Å². The van der Waals surface area contributed by atoms with Gasteiger partial charge in [0.1, 0.15) is 5.60 Å². The normalized spacial score (nSPS) is 19.5. The first-order chi connectivity index (χ1) is 8.71. The third-order valence-corrected chi connectivity index (χ3v) is 4.87. The minimum atomic E-state index is -0.404. The zero-order valence-corrected chi connectivity index (χ0v) is 13.5. The molecule has 1 aliphatic carbocycles. The summed E-state index contributed by atoms with van der Waals surface area (Å²) in [6.07, 6.45) is 4.97. The van der Waals surface area contributed by atoms with Crippen molar-refractivity contribution >= 4 is 5.97 Å². The maximum Gasteiger partial charge on any atom is 0.312 e. The van der Waals surface area contributed by atoms with Crippen LogP contribution in [0.25, 0.3) is 0 Å². The van der Waals surface area contributed by atoms with E-state index >= 15 is 0 Å². The van der Waals surface area contributed by atoms with Gasteiger partial charge in [-0.2, -0.15) is 0 Å². The Morgan fingerprint density at radius 2 is 1.68 bits per heavy atom. The molecule has 0 N–H and O–H groups in total. The molecule has 112 valence electrons. The zero-order chi connectivity index (χ0) is 14.7. The lowest BCUT2D eigenvalue weighted by Crippen LogP contribution is -2.50. The van der Waals surface area contributed by atoms with Gasteiger partial charge in [-0.25, -0.2) is 0 Å². The van der Waals surface area contributed by atoms with E-state index in [-0.39, 0.29) is 17.0 Å². The van der Waals surface area contributed by atoms with E-state index in [4.69, 9.17) is 9.47 Å². The highest BCUT2D eigenvalue weighted by atomic mass is 16.6. The van der Waals surface area contributed by atoms with E-state index in [2.05, 4.69) is 13.8 Å². The fourth-order valence-electron chi connectivity index (χ4n) is 2.82. The van der Waals surface area contributed by atoms with Crippen LogP contribution in [0, 0.1) is 10.8 Å². The Morgan fingerprint density at radius 1 is 1.16 bits per heavy atom. The van der Waals surface area contributed by atoms with Crippen molar-refractivity contribution in [2.45, 2.75) is 72.3 Å². The molecule has 1 rings (SSSR count). The van der Waals surface area contributed by atoms with Crippen molar-refractivity contribution in [3.63, 3.8) is 0 Å². The molecule has 0 aromatic rings. The molecular formula is C16H30O3. The van der Waals surface area contributed by atoms with Gasteiger partial charge in [-0.3, -0.25) is 4.79 Å². The molecule has 3 nitrogen and oxygen atoms in total. The number of rotatable bonds is 6. The highest BCUT2D eigenvalue weighted by Gasteiger charge is 2.51. The number of methoxy groups -OCH3 is 1. The maximum absolute atomic E-state index is 12.4. The molecule has 3 heteroatoms. The molecule has 1 aliphatic rings. The van der Waals surface area contributed by atoms with Crippen LogP contribution in [0.2, 0.25) is 0 Å².